The second-order valence-electron chi connectivity index (χ2n) is 6.06. The molecule has 0 radical (unpaired) electrons. The SMILES string of the molecule is COc1ccccc1C(=O)CSc1nnc(-c2ccncc2)n1C1CC1. The van der Waals surface area contributed by atoms with Gasteiger partial charge in [0.2, 0.25) is 0 Å². The van der Waals surface area contributed by atoms with Gasteiger partial charge in [-0.05, 0) is 37.1 Å². The lowest BCUT2D eigenvalue weighted by Crippen LogP contribution is -2.06. The summed E-state index contributed by atoms with van der Waals surface area (Å²) >= 11 is 1.42. The minimum Gasteiger partial charge on any atom is -0.496 e. The van der Waals surface area contributed by atoms with Crippen molar-refractivity contribution in [2.24, 2.45) is 0 Å². The maximum Gasteiger partial charge on any atom is 0.192 e. The second-order valence-corrected chi connectivity index (χ2v) is 7.00. The Hall–Kier alpha value is -2.67. The summed E-state index contributed by atoms with van der Waals surface area (Å²) in [6.07, 6.45) is 5.73. The van der Waals surface area contributed by atoms with Crippen LogP contribution in [0.3, 0.4) is 0 Å². The number of benzene rings is 1. The van der Waals surface area contributed by atoms with Crippen LogP contribution in [0, 0.1) is 0 Å². The largest absolute Gasteiger partial charge is 0.496 e. The summed E-state index contributed by atoms with van der Waals surface area (Å²) in [5, 5.41) is 9.47. The van der Waals surface area contributed by atoms with Crippen LogP contribution in [0.5, 0.6) is 5.75 Å². The van der Waals surface area contributed by atoms with E-state index in [9.17, 15) is 4.79 Å². The van der Waals surface area contributed by atoms with Crippen LogP contribution in [0.4, 0.5) is 0 Å². The first kappa shape index (κ1) is 16.8. The number of aromatic nitrogens is 4. The highest BCUT2D eigenvalue weighted by Crippen LogP contribution is 2.41. The predicted molar refractivity (Wildman–Crippen MR) is 99.6 cm³/mol. The lowest BCUT2D eigenvalue weighted by molar-refractivity contribution is 0.101. The van der Waals surface area contributed by atoms with Gasteiger partial charge in [0.15, 0.2) is 16.8 Å². The summed E-state index contributed by atoms with van der Waals surface area (Å²) in [5.41, 5.74) is 1.58. The lowest BCUT2D eigenvalue weighted by Gasteiger charge is -2.09. The van der Waals surface area contributed by atoms with Gasteiger partial charge < -0.3 is 4.74 Å². The van der Waals surface area contributed by atoms with Gasteiger partial charge in [0.1, 0.15) is 5.75 Å². The van der Waals surface area contributed by atoms with E-state index in [4.69, 9.17) is 4.74 Å². The molecule has 1 fully saturated rings. The van der Waals surface area contributed by atoms with Gasteiger partial charge in [-0.15, -0.1) is 10.2 Å². The fraction of sp³-hybridized carbons (Fsp3) is 0.263. The first-order valence-corrected chi connectivity index (χ1v) is 9.41. The Kier molecular flexibility index (Phi) is 4.71. The van der Waals surface area contributed by atoms with E-state index in [0.717, 1.165) is 29.4 Å². The number of para-hydroxylation sites is 1. The number of methoxy groups -OCH3 is 1. The third kappa shape index (κ3) is 3.35. The molecule has 3 aromatic rings. The van der Waals surface area contributed by atoms with Crippen molar-refractivity contribution in [2.45, 2.75) is 24.0 Å². The average Bonchev–Trinajstić information content (AvgIpc) is 3.45. The molecule has 0 spiro atoms. The van der Waals surface area contributed by atoms with Crippen molar-refractivity contribution in [1.82, 2.24) is 19.7 Å². The molecular weight excluding hydrogens is 348 g/mol. The summed E-state index contributed by atoms with van der Waals surface area (Å²) in [7, 11) is 1.57. The van der Waals surface area contributed by atoms with Crippen LogP contribution in [0.1, 0.15) is 29.2 Å². The smallest absolute Gasteiger partial charge is 0.192 e. The van der Waals surface area contributed by atoms with Crippen molar-refractivity contribution >= 4 is 17.5 Å². The molecule has 1 aliphatic rings. The van der Waals surface area contributed by atoms with Gasteiger partial charge >= 0.3 is 0 Å². The predicted octanol–water partition coefficient (Wildman–Crippen LogP) is 3.66. The highest BCUT2D eigenvalue weighted by Gasteiger charge is 2.30. The Labute approximate surface area is 155 Å². The van der Waals surface area contributed by atoms with Gasteiger partial charge in [-0.3, -0.25) is 14.3 Å². The molecule has 2 heterocycles. The van der Waals surface area contributed by atoms with E-state index >= 15 is 0 Å². The molecule has 1 saturated carbocycles. The zero-order chi connectivity index (χ0) is 17.9. The molecule has 0 bridgehead atoms. The highest BCUT2D eigenvalue weighted by molar-refractivity contribution is 7.99. The van der Waals surface area contributed by atoms with Crippen LogP contribution in [-0.4, -0.2) is 38.4 Å². The maximum atomic E-state index is 12.6. The summed E-state index contributed by atoms with van der Waals surface area (Å²) < 4.78 is 7.43. The lowest BCUT2D eigenvalue weighted by atomic mass is 10.1. The molecule has 0 N–H and O–H groups in total. The average molecular weight is 366 g/mol. The number of thioether (sulfide) groups is 1. The molecule has 0 saturated heterocycles. The van der Waals surface area contributed by atoms with Crippen LogP contribution >= 0.6 is 11.8 Å². The van der Waals surface area contributed by atoms with Crippen LogP contribution in [0.25, 0.3) is 11.4 Å². The number of hydrogen-bond acceptors (Lipinski definition) is 6. The number of nitrogens with zero attached hydrogens (tertiary/aromatic N) is 4. The fourth-order valence-electron chi connectivity index (χ4n) is 2.82. The van der Waals surface area contributed by atoms with Gasteiger partial charge in [-0.25, -0.2) is 0 Å². The number of Topliss-reactive ketones (excluding diaryl/α,β-unsaturated/α-hetero) is 1. The number of pyridine rings is 1. The monoisotopic (exact) mass is 366 g/mol. The Bertz CT molecular complexity index is 922. The summed E-state index contributed by atoms with van der Waals surface area (Å²) in [6, 6.07) is 11.6. The number of rotatable bonds is 7. The minimum absolute atomic E-state index is 0.0169. The summed E-state index contributed by atoms with van der Waals surface area (Å²) in [5.74, 6) is 1.74. The van der Waals surface area contributed by atoms with Crippen molar-refractivity contribution in [3.8, 4) is 17.1 Å². The molecular formula is C19H18N4O2S. The van der Waals surface area contributed by atoms with Gasteiger partial charge in [-0.1, -0.05) is 23.9 Å². The number of ketones is 1. The van der Waals surface area contributed by atoms with Crippen molar-refractivity contribution in [3.05, 3.63) is 54.4 Å². The molecule has 1 aromatic carbocycles. The third-order valence-corrected chi connectivity index (χ3v) is 5.20. The molecule has 2 aromatic heterocycles. The van der Waals surface area contributed by atoms with Gasteiger partial charge in [0, 0.05) is 24.0 Å². The molecule has 0 amide bonds. The second kappa shape index (κ2) is 7.29. The Morgan fingerprint density at radius 3 is 2.69 bits per heavy atom. The van der Waals surface area contributed by atoms with E-state index in [2.05, 4.69) is 19.7 Å². The normalized spacial score (nSPS) is 13.6. The summed E-state index contributed by atoms with van der Waals surface area (Å²) in [4.78, 5) is 16.7. The maximum absolute atomic E-state index is 12.6. The molecule has 132 valence electrons. The van der Waals surface area contributed by atoms with Crippen molar-refractivity contribution < 1.29 is 9.53 Å². The third-order valence-electron chi connectivity index (χ3n) is 4.25. The fourth-order valence-corrected chi connectivity index (χ4v) is 3.71. The molecule has 4 rings (SSSR count). The molecule has 0 unspecified atom stereocenters. The van der Waals surface area contributed by atoms with Gasteiger partial charge in [-0.2, -0.15) is 0 Å². The Balaban J connectivity index is 1.56. The standard InChI is InChI=1S/C19H18N4O2S/c1-25-17-5-3-2-4-15(17)16(24)12-26-19-22-21-18(23(19)14-6-7-14)13-8-10-20-11-9-13/h2-5,8-11,14H,6-7,12H2,1H3. The Morgan fingerprint density at radius 2 is 1.96 bits per heavy atom. The van der Waals surface area contributed by atoms with Crippen LogP contribution in [-0.2, 0) is 0 Å². The minimum atomic E-state index is 0.0169. The molecule has 0 atom stereocenters. The molecule has 6 nitrogen and oxygen atoms in total. The first-order chi connectivity index (χ1) is 12.8. The van der Waals surface area contributed by atoms with Crippen LogP contribution in [0.2, 0.25) is 0 Å². The van der Waals surface area contributed by atoms with E-state index in [1.807, 2.05) is 24.3 Å². The number of carbonyl (C=O) groups is 1. The number of carbonyl (C=O) groups excluding carboxylic acids is 1. The van der Waals surface area contributed by atoms with E-state index < -0.39 is 0 Å². The zero-order valence-corrected chi connectivity index (χ0v) is 15.1. The van der Waals surface area contributed by atoms with Gasteiger partial charge in [0.05, 0.1) is 18.4 Å². The molecule has 26 heavy (non-hydrogen) atoms. The topological polar surface area (TPSA) is 69.9 Å². The molecule has 0 aliphatic heterocycles. The molecule has 7 heteroatoms. The van der Waals surface area contributed by atoms with E-state index in [1.165, 1.54) is 11.8 Å². The molecule has 1 aliphatic carbocycles. The highest BCUT2D eigenvalue weighted by atomic mass is 32.2. The first-order valence-electron chi connectivity index (χ1n) is 8.42. The quantitative estimate of drug-likeness (QED) is 0.469. The number of hydrogen-bond donors (Lipinski definition) is 0. The van der Waals surface area contributed by atoms with E-state index in [-0.39, 0.29) is 5.78 Å². The van der Waals surface area contributed by atoms with E-state index in [0.29, 0.717) is 23.1 Å². The number of ether oxygens (including phenoxy) is 1. The van der Waals surface area contributed by atoms with E-state index in [1.54, 1.807) is 31.6 Å². The Morgan fingerprint density at radius 1 is 1.19 bits per heavy atom. The van der Waals surface area contributed by atoms with Crippen molar-refractivity contribution in [2.75, 3.05) is 12.9 Å². The van der Waals surface area contributed by atoms with Crippen LogP contribution in [0.15, 0.2) is 53.9 Å². The summed E-state index contributed by atoms with van der Waals surface area (Å²) in [6.45, 7) is 0. The van der Waals surface area contributed by atoms with Crippen molar-refractivity contribution in [3.63, 3.8) is 0 Å². The zero-order valence-electron chi connectivity index (χ0n) is 14.3. The van der Waals surface area contributed by atoms with Crippen molar-refractivity contribution in [1.29, 1.82) is 0 Å². The van der Waals surface area contributed by atoms with Crippen LogP contribution < -0.4 is 4.74 Å². The van der Waals surface area contributed by atoms with Gasteiger partial charge in [0.25, 0.3) is 0 Å².